The van der Waals surface area contributed by atoms with Crippen molar-refractivity contribution in [3.8, 4) is 5.75 Å². The maximum absolute atomic E-state index is 11.1. The summed E-state index contributed by atoms with van der Waals surface area (Å²) in [6.45, 7) is 3.57. The molecule has 1 amide bonds. The van der Waals surface area contributed by atoms with Crippen LogP contribution in [0.25, 0.3) is 0 Å². The first-order valence-corrected chi connectivity index (χ1v) is 6.31. The van der Waals surface area contributed by atoms with E-state index in [2.05, 4.69) is 5.32 Å². The Kier molecular flexibility index (Phi) is 5.60. The number of rotatable bonds is 7. The van der Waals surface area contributed by atoms with Gasteiger partial charge in [0, 0.05) is 6.54 Å². The number of primary amides is 1. The van der Waals surface area contributed by atoms with E-state index in [0.717, 1.165) is 0 Å². The summed E-state index contributed by atoms with van der Waals surface area (Å²) < 4.78 is 5.39. The largest absolute Gasteiger partial charge is 0.489 e. The lowest BCUT2D eigenvalue weighted by molar-refractivity contribution is -0.123. The predicted molar refractivity (Wildman–Crippen MR) is 74.2 cm³/mol. The maximum Gasteiger partial charge on any atom is 0.237 e. The van der Waals surface area contributed by atoms with Crippen molar-refractivity contribution in [2.45, 2.75) is 25.5 Å². The second kappa shape index (κ2) is 6.75. The van der Waals surface area contributed by atoms with E-state index in [-0.39, 0.29) is 13.2 Å². The quantitative estimate of drug-likeness (QED) is 0.696. The second-order valence-electron chi connectivity index (χ2n) is 4.77. The third kappa shape index (κ3) is 5.06. The molecule has 19 heavy (non-hydrogen) atoms. The highest BCUT2D eigenvalue weighted by molar-refractivity contribution is 6.32. The number of β-amino-alcohol motifs (C(OH)–C–C–N with tert-alkyl or cyclic N) is 1. The molecule has 0 aliphatic heterocycles. The standard InChI is InChI=1S/C13H19ClN2O3/c1-13(2,12(15)18)16-7-9(17)8-19-11-6-4-3-5-10(11)14/h3-6,9,16-17H,7-8H2,1-2H3,(H2,15,18). The summed E-state index contributed by atoms with van der Waals surface area (Å²) in [5.74, 6) is 0.0316. The molecule has 0 saturated carbocycles. The normalized spacial score (nSPS) is 13.1. The van der Waals surface area contributed by atoms with Crippen LogP contribution >= 0.6 is 11.6 Å². The zero-order valence-electron chi connectivity index (χ0n) is 11.0. The van der Waals surface area contributed by atoms with E-state index in [1.807, 2.05) is 0 Å². The van der Waals surface area contributed by atoms with E-state index in [1.165, 1.54) is 0 Å². The molecule has 0 heterocycles. The van der Waals surface area contributed by atoms with Crippen LogP contribution in [0.15, 0.2) is 24.3 Å². The molecule has 0 saturated heterocycles. The number of aliphatic hydroxyl groups excluding tert-OH is 1. The third-order valence-corrected chi connectivity index (χ3v) is 2.98. The van der Waals surface area contributed by atoms with Crippen molar-refractivity contribution in [3.05, 3.63) is 29.3 Å². The lowest BCUT2D eigenvalue weighted by Crippen LogP contribution is -2.53. The molecule has 1 aromatic carbocycles. The molecule has 1 atom stereocenters. The van der Waals surface area contributed by atoms with Gasteiger partial charge < -0.3 is 20.9 Å². The van der Waals surface area contributed by atoms with Crippen LogP contribution in [0.4, 0.5) is 0 Å². The van der Waals surface area contributed by atoms with Crippen LogP contribution in [0, 0.1) is 0 Å². The molecule has 1 unspecified atom stereocenters. The fourth-order valence-electron chi connectivity index (χ4n) is 1.27. The van der Waals surface area contributed by atoms with Crippen LogP contribution in [-0.4, -0.2) is 35.8 Å². The summed E-state index contributed by atoms with van der Waals surface area (Å²) in [4.78, 5) is 11.1. The van der Waals surface area contributed by atoms with Crippen LogP contribution in [0.1, 0.15) is 13.8 Å². The van der Waals surface area contributed by atoms with Crippen LogP contribution in [0.2, 0.25) is 5.02 Å². The first-order valence-electron chi connectivity index (χ1n) is 5.93. The predicted octanol–water partition coefficient (Wildman–Crippen LogP) is 0.933. The molecule has 0 aliphatic carbocycles. The van der Waals surface area contributed by atoms with Gasteiger partial charge in [-0.3, -0.25) is 4.79 Å². The van der Waals surface area contributed by atoms with Crippen molar-refractivity contribution < 1.29 is 14.6 Å². The molecule has 5 nitrogen and oxygen atoms in total. The lowest BCUT2D eigenvalue weighted by atomic mass is 10.1. The molecule has 1 rings (SSSR count). The number of ether oxygens (including phenoxy) is 1. The maximum atomic E-state index is 11.1. The van der Waals surface area contributed by atoms with Crippen LogP contribution in [0.5, 0.6) is 5.75 Å². The summed E-state index contributed by atoms with van der Waals surface area (Å²) in [5.41, 5.74) is 4.34. The first-order chi connectivity index (χ1) is 8.83. The Labute approximate surface area is 117 Å². The summed E-state index contributed by atoms with van der Waals surface area (Å²) in [7, 11) is 0. The fraction of sp³-hybridized carbons (Fsp3) is 0.462. The number of hydrogen-bond acceptors (Lipinski definition) is 4. The minimum Gasteiger partial charge on any atom is -0.489 e. The summed E-state index contributed by atoms with van der Waals surface area (Å²) >= 11 is 5.92. The number of nitrogens with one attached hydrogen (secondary N) is 1. The summed E-state index contributed by atoms with van der Waals surface area (Å²) in [6, 6.07) is 7.01. The monoisotopic (exact) mass is 286 g/mol. The molecular formula is C13H19ClN2O3. The Hall–Kier alpha value is -1.30. The van der Waals surface area contributed by atoms with E-state index in [1.54, 1.807) is 38.1 Å². The number of amides is 1. The topological polar surface area (TPSA) is 84.6 Å². The Bertz CT molecular complexity index is 438. The lowest BCUT2D eigenvalue weighted by Gasteiger charge is -2.24. The van der Waals surface area contributed by atoms with Crippen molar-refractivity contribution in [2.75, 3.05) is 13.2 Å². The Morgan fingerprint density at radius 1 is 1.53 bits per heavy atom. The molecule has 106 valence electrons. The minimum absolute atomic E-state index is 0.0750. The highest BCUT2D eigenvalue weighted by atomic mass is 35.5. The average Bonchev–Trinajstić information content (AvgIpc) is 2.35. The van der Waals surface area contributed by atoms with Crippen molar-refractivity contribution in [1.82, 2.24) is 5.32 Å². The van der Waals surface area contributed by atoms with Gasteiger partial charge in [0.1, 0.15) is 18.5 Å². The zero-order valence-corrected chi connectivity index (χ0v) is 11.8. The molecule has 0 radical (unpaired) electrons. The Balaban J connectivity index is 2.39. The van der Waals surface area contributed by atoms with Gasteiger partial charge in [-0.05, 0) is 26.0 Å². The van der Waals surface area contributed by atoms with Gasteiger partial charge >= 0.3 is 0 Å². The van der Waals surface area contributed by atoms with Crippen LogP contribution in [0.3, 0.4) is 0 Å². The van der Waals surface area contributed by atoms with Crippen molar-refractivity contribution in [2.24, 2.45) is 5.73 Å². The number of halogens is 1. The van der Waals surface area contributed by atoms with E-state index >= 15 is 0 Å². The number of hydrogen-bond donors (Lipinski definition) is 3. The second-order valence-corrected chi connectivity index (χ2v) is 5.17. The first kappa shape index (κ1) is 15.8. The van der Waals surface area contributed by atoms with Gasteiger partial charge in [0.25, 0.3) is 0 Å². The van der Waals surface area contributed by atoms with Crippen LogP contribution < -0.4 is 15.8 Å². The number of carbonyl (C=O) groups excluding carboxylic acids is 1. The van der Waals surface area contributed by atoms with E-state index in [0.29, 0.717) is 10.8 Å². The number of carbonyl (C=O) groups is 1. The van der Waals surface area contributed by atoms with Crippen molar-refractivity contribution in [1.29, 1.82) is 0 Å². The molecule has 1 aromatic rings. The van der Waals surface area contributed by atoms with Gasteiger partial charge in [0.15, 0.2) is 0 Å². The van der Waals surface area contributed by atoms with Crippen molar-refractivity contribution >= 4 is 17.5 Å². The third-order valence-electron chi connectivity index (χ3n) is 2.66. The SMILES string of the molecule is CC(C)(NCC(O)COc1ccccc1Cl)C(N)=O. The molecular weight excluding hydrogens is 268 g/mol. The van der Waals surface area contributed by atoms with Gasteiger partial charge in [-0.25, -0.2) is 0 Å². The molecule has 0 fully saturated rings. The van der Waals surface area contributed by atoms with Gasteiger partial charge in [-0.1, -0.05) is 23.7 Å². The van der Waals surface area contributed by atoms with Gasteiger partial charge in [-0.15, -0.1) is 0 Å². The smallest absolute Gasteiger partial charge is 0.237 e. The molecule has 0 bridgehead atoms. The Morgan fingerprint density at radius 3 is 2.74 bits per heavy atom. The van der Waals surface area contributed by atoms with E-state index < -0.39 is 17.6 Å². The van der Waals surface area contributed by atoms with Gasteiger partial charge in [0.2, 0.25) is 5.91 Å². The van der Waals surface area contributed by atoms with Gasteiger partial charge in [0.05, 0.1) is 10.6 Å². The zero-order chi connectivity index (χ0) is 14.5. The number of benzene rings is 1. The molecule has 0 spiro atoms. The van der Waals surface area contributed by atoms with Gasteiger partial charge in [-0.2, -0.15) is 0 Å². The molecule has 0 aliphatic rings. The highest BCUT2D eigenvalue weighted by Crippen LogP contribution is 2.23. The summed E-state index contributed by atoms with van der Waals surface area (Å²) in [5, 5.41) is 13.1. The fourth-order valence-corrected chi connectivity index (χ4v) is 1.46. The number of aliphatic hydroxyl groups is 1. The molecule has 4 N–H and O–H groups in total. The van der Waals surface area contributed by atoms with Crippen molar-refractivity contribution in [3.63, 3.8) is 0 Å². The van der Waals surface area contributed by atoms with E-state index in [4.69, 9.17) is 22.1 Å². The Morgan fingerprint density at radius 2 is 2.16 bits per heavy atom. The highest BCUT2D eigenvalue weighted by Gasteiger charge is 2.24. The number of nitrogens with two attached hydrogens (primary N) is 1. The van der Waals surface area contributed by atoms with Crippen LogP contribution in [-0.2, 0) is 4.79 Å². The minimum atomic E-state index is -0.870. The number of para-hydroxylation sites is 1. The average molecular weight is 287 g/mol. The molecule has 0 aromatic heterocycles. The summed E-state index contributed by atoms with van der Waals surface area (Å²) in [6.07, 6.45) is -0.769. The molecule has 6 heteroatoms. The van der Waals surface area contributed by atoms with E-state index in [9.17, 15) is 9.90 Å².